The van der Waals surface area contributed by atoms with Gasteiger partial charge in [-0.1, -0.05) is 30.4 Å². The van der Waals surface area contributed by atoms with Crippen molar-refractivity contribution in [3.05, 3.63) is 89.2 Å². The van der Waals surface area contributed by atoms with Gasteiger partial charge < -0.3 is 14.6 Å². The lowest BCUT2D eigenvalue weighted by molar-refractivity contribution is -0.132. The van der Waals surface area contributed by atoms with Gasteiger partial charge in [0.1, 0.15) is 23.1 Å². The van der Waals surface area contributed by atoms with Gasteiger partial charge in [0.2, 0.25) is 0 Å². The lowest BCUT2D eigenvalue weighted by Crippen LogP contribution is -2.29. The van der Waals surface area contributed by atoms with Gasteiger partial charge in [-0.15, -0.1) is 0 Å². The van der Waals surface area contributed by atoms with E-state index in [1.165, 1.54) is 23.1 Å². The quantitative estimate of drug-likeness (QED) is 0.164. The van der Waals surface area contributed by atoms with Crippen molar-refractivity contribution >= 4 is 44.1 Å². The number of anilines is 1. The van der Waals surface area contributed by atoms with Crippen molar-refractivity contribution < 1.29 is 28.6 Å². The van der Waals surface area contributed by atoms with Crippen LogP contribution in [0.2, 0.25) is 0 Å². The summed E-state index contributed by atoms with van der Waals surface area (Å²) in [6.07, 6.45) is 0.808. The lowest BCUT2D eigenvalue weighted by atomic mass is 9.95. The number of rotatable bonds is 8. The molecular formula is C29H25FN2O5S. The predicted octanol–water partition coefficient (Wildman–Crippen LogP) is 6.25. The zero-order chi connectivity index (χ0) is 26.8. The Balaban J connectivity index is 1.67. The van der Waals surface area contributed by atoms with Crippen molar-refractivity contribution in [2.75, 3.05) is 18.1 Å². The summed E-state index contributed by atoms with van der Waals surface area (Å²) >= 11 is 1.10. The van der Waals surface area contributed by atoms with Crippen molar-refractivity contribution in [2.24, 2.45) is 0 Å². The van der Waals surface area contributed by atoms with Crippen molar-refractivity contribution in [2.45, 2.75) is 26.3 Å². The van der Waals surface area contributed by atoms with Gasteiger partial charge in [0.25, 0.3) is 5.78 Å². The number of thiazole rings is 1. The average Bonchev–Trinajstić information content (AvgIpc) is 3.45. The third-order valence-corrected chi connectivity index (χ3v) is 7.09. The Morgan fingerprint density at radius 3 is 2.55 bits per heavy atom. The minimum Gasteiger partial charge on any atom is -0.507 e. The van der Waals surface area contributed by atoms with E-state index in [0.29, 0.717) is 46.1 Å². The van der Waals surface area contributed by atoms with Crippen LogP contribution in [0.1, 0.15) is 37.4 Å². The molecule has 3 aromatic carbocycles. The number of hydrogen-bond acceptors (Lipinski definition) is 7. The Morgan fingerprint density at radius 1 is 1.03 bits per heavy atom. The number of carbonyl (C=O) groups is 2. The highest BCUT2D eigenvalue weighted by Gasteiger charge is 2.48. The number of nitrogens with zero attached hydrogens (tertiary/aromatic N) is 2. The van der Waals surface area contributed by atoms with E-state index in [2.05, 4.69) is 4.98 Å². The van der Waals surface area contributed by atoms with E-state index in [-0.39, 0.29) is 16.5 Å². The summed E-state index contributed by atoms with van der Waals surface area (Å²) < 4.78 is 25.7. The van der Waals surface area contributed by atoms with Crippen LogP contribution < -0.4 is 14.4 Å². The monoisotopic (exact) mass is 532 g/mol. The number of aliphatic hydroxyl groups is 1. The van der Waals surface area contributed by atoms with E-state index in [0.717, 1.165) is 17.8 Å². The van der Waals surface area contributed by atoms with E-state index in [1.807, 2.05) is 13.8 Å². The Bertz CT molecular complexity index is 1550. The standard InChI is InChI=1S/C29H25FN2O5S/c1-3-14-37-21-7-5-6-18(15-21)25-24(26(33)17-8-11-20(12-9-17)36-4-2)27(34)28(35)32(25)29-31-22-13-10-19(30)16-23(22)38-29/h5-13,15-16,25,33H,3-4,14H2,1-2H3/b26-24+. The van der Waals surface area contributed by atoms with E-state index in [9.17, 15) is 19.1 Å². The van der Waals surface area contributed by atoms with Crippen LogP contribution in [0, 0.1) is 5.82 Å². The number of aliphatic hydroxyl groups excluding tert-OH is 1. The van der Waals surface area contributed by atoms with Crippen molar-refractivity contribution in [1.29, 1.82) is 0 Å². The number of Topliss-reactive ketones (excluding diaryl/α,β-unsaturated/α-hetero) is 1. The van der Waals surface area contributed by atoms with Gasteiger partial charge >= 0.3 is 5.91 Å². The normalized spacial score (nSPS) is 16.8. The lowest BCUT2D eigenvalue weighted by Gasteiger charge is -2.23. The third-order valence-electron chi connectivity index (χ3n) is 6.08. The molecule has 9 heteroatoms. The average molecular weight is 533 g/mol. The second-order valence-electron chi connectivity index (χ2n) is 8.66. The van der Waals surface area contributed by atoms with E-state index in [4.69, 9.17) is 9.47 Å². The van der Waals surface area contributed by atoms with Crippen LogP contribution in [-0.2, 0) is 9.59 Å². The van der Waals surface area contributed by atoms with Crippen molar-refractivity contribution in [3.8, 4) is 11.5 Å². The number of fused-ring (bicyclic) bond motifs is 1. The number of hydrogen-bond donors (Lipinski definition) is 1. The van der Waals surface area contributed by atoms with Crippen LogP contribution in [0.3, 0.4) is 0 Å². The van der Waals surface area contributed by atoms with Crippen LogP contribution in [-0.4, -0.2) is 35.0 Å². The summed E-state index contributed by atoms with van der Waals surface area (Å²) in [5.41, 5.74) is 1.35. The first-order chi connectivity index (χ1) is 18.4. The molecule has 1 amide bonds. The summed E-state index contributed by atoms with van der Waals surface area (Å²) in [6.45, 7) is 4.84. The fourth-order valence-corrected chi connectivity index (χ4v) is 5.38. The van der Waals surface area contributed by atoms with Gasteiger partial charge in [0.15, 0.2) is 5.13 Å². The molecule has 194 valence electrons. The molecule has 1 fully saturated rings. The third kappa shape index (κ3) is 4.72. The molecule has 4 aromatic rings. The Kier molecular flexibility index (Phi) is 7.11. The fourth-order valence-electron chi connectivity index (χ4n) is 4.36. The number of carbonyl (C=O) groups excluding carboxylic acids is 2. The number of ketones is 1. The van der Waals surface area contributed by atoms with Gasteiger partial charge in [-0.05, 0) is 73.5 Å². The van der Waals surface area contributed by atoms with Crippen LogP contribution in [0.5, 0.6) is 11.5 Å². The summed E-state index contributed by atoms with van der Waals surface area (Å²) in [5, 5.41) is 11.6. The minimum absolute atomic E-state index is 0.0720. The van der Waals surface area contributed by atoms with E-state index >= 15 is 0 Å². The number of ether oxygens (including phenoxy) is 2. The van der Waals surface area contributed by atoms with Crippen LogP contribution >= 0.6 is 11.3 Å². The zero-order valence-corrected chi connectivity index (χ0v) is 21.6. The molecule has 5 rings (SSSR count). The molecular weight excluding hydrogens is 507 g/mol. The number of aromatic nitrogens is 1. The molecule has 0 radical (unpaired) electrons. The molecule has 1 N–H and O–H groups in total. The summed E-state index contributed by atoms with van der Waals surface area (Å²) in [6, 6.07) is 16.9. The van der Waals surface area contributed by atoms with Crippen molar-refractivity contribution in [3.63, 3.8) is 0 Å². The molecule has 38 heavy (non-hydrogen) atoms. The minimum atomic E-state index is -0.975. The summed E-state index contributed by atoms with van der Waals surface area (Å²) in [4.78, 5) is 32.7. The molecule has 7 nitrogen and oxygen atoms in total. The van der Waals surface area contributed by atoms with Gasteiger partial charge in [-0.3, -0.25) is 14.5 Å². The Morgan fingerprint density at radius 2 is 1.82 bits per heavy atom. The summed E-state index contributed by atoms with van der Waals surface area (Å²) in [7, 11) is 0. The molecule has 1 atom stereocenters. The van der Waals surface area contributed by atoms with Gasteiger partial charge in [0, 0.05) is 5.56 Å². The highest BCUT2D eigenvalue weighted by atomic mass is 32.1. The van der Waals surface area contributed by atoms with Crippen LogP contribution in [0.25, 0.3) is 16.0 Å². The summed E-state index contributed by atoms with van der Waals surface area (Å²) in [5.74, 6) is -1.23. The molecule has 1 aliphatic heterocycles. The second-order valence-corrected chi connectivity index (χ2v) is 9.67. The first kappa shape index (κ1) is 25.4. The molecule has 0 aliphatic carbocycles. The van der Waals surface area contributed by atoms with Gasteiger partial charge in [-0.25, -0.2) is 9.37 Å². The Hall–Kier alpha value is -4.24. The molecule has 0 spiro atoms. The van der Waals surface area contributed by atoms with Gasteiger partial charge in [-0.2, -0.15) is 0 Å². The molecule has 1 aliphatic rings. The maximum atomic E-state index is 13.9. The molecule has 1 unspecified atom stereocenters. The Labute approximate surface area is 222 Å². The highest BCUT2D eigenvalue weighted by Crippen LogP contribution is 2.45. The maximum absolute atomic E-state index is 13.9. The van der Waals surface area contributed by atoms with Crippen molar-refractivity contribution in [1.82, 2.24) is 4.98 Å². The maximum Gasteiger partial charge on any atom is 0.301 e. The van der Waals surface area contributed by atoms with Gasteiger partial charge in [0.05, 0.1) is 35.0 Å². The molecule has 0 saturated carbocycles. The SMILES string of the molecule is CCCOc1cccc(C2/C(=C(\O)c3ccc(OCC)cc3)C(=O)C(=O)N2c2nc3ccc(F)cc3s2)c1. The first-order valence-electron chi connectivity index (χ1n) is 12.2. The smallest absolute Gasteiger partial charge is 0.301 e. The highest BCUT2D eigenvalue weighted by molar-refractivity contribution is 7.22. The van der Waals surface area contributed by atoms with E-state index in [1.54, 1.807) is 48.5 Å². The first-order valence-corrected chi connectivity index (χ1v) is 13.1. The molecule has 1 saturated heterocycles. The fraction of sp³-hybridized carbons (Fsp3) is 0.207. The predicted molar refractivity (Wildman–Crippen MR) is 144 cm³/mol. The van der Waals surface area contributed by atoms with E-state index < -0.39 is 23.5 Å². The number of halogens is 1. The largest absolute Gasteiger partial charge is 0.507 e. The second kappa shape index (κ2) is 10.6. The zero-order valence-electron chi connectivity index (χ0n) is 20.8. The number of amides is 1. The number of benzene rings is 3. The molecule has 1 aromatic heterocycles. The molecule has 0 bridgehead atoms. The van der Waals surface area contributed by atoms with Crippen LogP contribution in [0.4, 0.5) is 9.52 Å². The van der Waals surface area contributed by atoms with Crippen LogP contribution in [0.15, 0.2) is 72.3 Å². The topological polar surface area (TPSA) is 89.0 Å². The molecule has 2 heterocycles.